The van der Waals surface area contributed by atoms with Crippen molar-refractivity contribution in [3.63, 3.8) is 0 Å². The zero-order chi connectivity index (χ0) is 13.0. The van der Waals surface area contributed by atoms with Gasteiger partial charge in [-0.1, -0.05) is 19.8 Å². The van der Waals surface area contributed by atoms with Crippen LogP contribution in [0.25, 0.3) is 0 Å². The van der Waals surface area contributed by atoms with Crippen LogP contribution in [0, 0.1) is 0 Å². The number of nitrogens with two attached hydrogens (primary N) is 1. The molecule has 1 aliphatic carbocycles. The molecule has 1 saturated heterocycles. The molecule has 0 radical (unpaired) electrons. The molecular weight excluding hydrogens is 228 g/mol. The molecule has 4 nitrogen and oxygen atoms in total. The van der Waals surface area contributed by atoms with Gasteiger partial charge in [0.05, 0.1) is 11.6 Å². The average Bonchev–Trinajstić information content (AvgIpc) is 2.84. The number of piperidine rings is 1. The van der Waals surface area contributed by atoms with Gasteiger partial charge in [0.1, 0.15) is 0 Å². The molecule has 0 aromatic carbocycles. The van der Waals surface area contributed by atoms with Crippen LogP contribution in [0.4, 0.5) is 0 Å². The first-order valence-corrected chi connectivity index (χ1v) is 7.35. The Hall–Kier alpha value is -0.610. The molecule has 4 heteroatoms. The summed E-state index contributed by atoms with van der Waals surface area (Å²) in [5, 5.41) is 0. The van der Waals surface area contributed by atoms with Crippen molar-refractivity contribution in [3.05, 3.63) is 0 Å². The van der Waals surface area contributed by atoms with Gasteiger partial charge in [0.15, 0.2) is 0 Å². The molecule has 0 bridgehead atoms. The van der Waals surface area contributed by atoms with Gasteiger partial charge in [0.25, 0.3) is 0 Å². The Kier molecular flexibility index (Phi) is 4.62. The predicted octanol–water partition coefficient (Wildman–Crippen LogP) is 1.68. The molecule has 18 heavy (non-hydrogen) atoms. The molecule has 2 N–H and O–H groups in total. The molecular formula is C14H26N2O2. The molecule has 1 heterocycles. The number of hydrogen-bond acceptors (Lipinski definition) is 3. The first kappa shape index (κ1) is 13.8. The third kappa shape index (κ3) is 3.04. The lowest BCUT2D eigenvalue weighted by Gasteiger charge is -2.37. The SMILES string of the molecule is CCCOC1CCCN(C(=O)C2(N)CCCC2)C1. The summed E-state index contributed by atoms with van der Waals surface area (Å²) in [6, 6.07) is 0. The Balaban J connectivity index is 1.89. The Bertz CT molecular complexity index is 288. The first-order chi connectivity index (χ1) is 8.65. The van der Waals surface area contributed by atoms with E-state index in [-0.39, 0.29) is 12.0 Å². The van der Waals surface area contributed by atoms with Crippen molar-refractivity contribution in [1.82, 2.24) is 4.90 Å². The van der Waals surface area contributed by atoms with E-state index < -0.39 is 5.54 Å². The standard InChI is InChI=1S/C14H26N2O2/c1-2-10-18-12-6-5-9-16(11-12)13(17)14(15)7-3-4-8-14/h12H,2-11,15H2,1H3. The molecule has 1 unspecified atom stereocenters. The number of nitrogens with zero attached hydrogens (tertiary/aromatic N) is 1. The van der Waals surface area contributed by atoms with E-state index in [2.05, 4.69) is 6.92 Å². The summed E-state index contributed by atoms with van der Waals surface area (Å²) in [4.78, 5) is 14.4. The summed E-state index contributed by atoms with van der Waals surface area (Å²) in [5.74, 6) is 0.157. The Morgan fingerprint density at radius 3 is 2.78 bits per heavy atom. The zero-order valence-electron chi connectivity index (χ0n) is 11.5. The van der Waals surface area contributed by atoms with Crippen LogP contribution in [0.1, 0.15) is 51.9 Å². The molecule has 2 rings (SSSR count). The van der Waals surface area contributed by atoms with Crippen molar-refractivity contribution in [3.8, 4) is 0 Å². The van der Waals surface area contributed by atoms with Crippen LogP contribution in [-0.2, 0) is 9.53 Å². The van der Waals surface area contributed by atoms with Gasteiger partial charge in [0, 0.05) is 19.7 Å². The summed E-state index contributed by atoms with van der Waals surface area (Å²) >= 11 is 0. The molecule has 2 fully saturated rings. The lowest BCUT2D eigenvalue weighted by Crippen LogP contribution is -2.56. The number of ether oxygens (including phenoxy) is 1. The minimum Gasteiger partial charge on any atom is -0.376 e. The number of carbonyl (C=O) groups excluding carboxylic acids is 1. The summed E-state index contributed by atoms with van der Waals surface area (Å²) < 4.78 is 5.77. The van der Waals surface area contributed by atoms with Crippen molar-refractivity contribution in [2.75, 3.05) is 19.7 Å². The lowest BCUT2D eigenvalue weighted by molar-refractivity contribution is -0.141. The van der Waals surface area contributed by atoms with Crippen LogP contribution < -0.4 is 5.73 Å². The maximum atomic E-state index is 12.5. The Morgan fingerprint density at radius 1 is 1.39 bits per heavy atom. The zero-order valence-corrected chi connectivity index (χ0v) is 11.5. The van der Waals surface area contributed by atoms with Gasteiger partial charge in [-0.15, -0.1) is 0 Å². The van der Waals surface area contributed by atoms with E-state index >= 15 is 0 Å². The van der Waals surface area contributed by atoms with Crippen molar-refractivity contribution in [2.24, 2.45) is 5.73 Å². The van der Waals surface area contributed by atoms with Crippen LogP contribution in [0.5, 0.6) is 0 Å². The highest BCUT2D eigenvalue weighted by Crippen LogP contribution is 2.30. The van der Waals surface area contributed by atoms with Crippen LogP contribution in [-0.4, -0.2) is 42.1 Å². The maximum absolute atomic E-state index is 12.5. The quantitative estimate of drug-likeness (QED) is 0.830. The summed E-state index contributed by atoms with van der Waals surface area (Å²) in [6.07, 6.45) is 7.24. The second kappa shape index (κ2) is 6.02. The highest BCUT2D eigenvalue weighted by atomic mass is 16.5. The fraction of sp³-hybridized carbons (Fsp3) is 0.929. The third-order valence-electron chi connectivity index (χ3n) is 4.14. The van der Waals surface area contributed by atoms with Crippen LogP contribution >= 0.6 is 0 Å². The molecule has 2 aliphatic rings. The van der Waals surface area contributed by atoms with E-state index in [4.69, 9.17) is 10.5 Å². The van der Waals surface area contributed by atoms with Gasteiger partial charge in [0.2, 0.25) is 5.91 Å². The first-order valence-electron chi connectivity index (χ1n) is 7.35. The van der Waals surface area contributed by atoms with Crippen molar-refractivity contribution in [2.45, 2.75) is 63.5 Å². The van der Waals surface area contributed by atoms with E-state index in [1.165, 1.54) is 0 Å². The fourth-order valence-electron chi connectivity index (χ4n) is 3.08. The van der Waals surface area contributed by atoms with Gasteiger partial charge in [-0.2, -0.15) is 0 Å². The van der Waals surface area contributed by atoms with Crippen molar-refractivity contribution in [1.29, 1.82) is 0 Å². The summed E-state index contributed by atoms with van der Waals surface area (Å²) in [5.41, 5.74) is 5.67. The molecule has 1 aliphatic heterocycles. The summed E-state index contributed by atoms with van der Waals surface area (Å²) in [6.45, 7) is 4.49. The smallest absolute Gasteiger partial charge is 0.242 e. The molecule has 1 atom stereocenters. The van der Waals surface area contributed by atoms with E-state index in [0.29, 0.717) is 0 Å². The lowest BCUT2D eigenvalue weighted by atomic mass is 9.95. The second-order valence-electron chi connectivity index (χ2n) is 5.75. The predicted molar refractivity (Wildman–Crippen MR) is 71.2 cm³/mol. The van der Waals surface area contributed by atoms with Gasteiger partial charge in [-0.25, -0.2) is 0 Å². The Morgan fingerprint density at radius 2 is 2.11 bits per heavy atom. The van der Waals surface area contributed by atoms with Gasteiger partial charge in [-0.3, -0.25) is 4.79 Å². The van der Waals surface area contributed by atoms with Crippen molar-refractivity contribution < 1.29 is 9.53 Å². The van der Waals surface area contributed by atoms with Gasteiger partial charge in [-0.05, 0) is 32.1 Å². The van der Waals surface area contributed by atoms with Gasteiger partial charge >= 0.3 is 0 Å². The van der Waals surface area contributed by atoms with Crippen LogP contribution in [0.15, 0.2) is 0 Å². The number of amides is 1. The van der Waals surface area contributed by atoms with Crippen LogP contribution in [0.2, 0.25) is 0 Å². The number of rotatable bonds is 4. The molecule has 1 amide bonds. The highest BCUT2D eigenvalue weighted by Gasteiger charge is 2.41. The molecule has 0 aromatic rings. The fourth-order valence-corrected chi connectivity index (χ4v) is 3.08. The minimum atomic E-state index is -0.577. The van der Waals surface area contributed by atoms with E-state index in [1.54, 1.807) is 0 Å². The molecule has 1 saturated carbocycles. The monoisotopic (exact) mass is 254 g/mol. The second-order valence-corrected chi connectivity index (χ2v) is 5.75. The molecule has 104 valence electrons. The topological polar surface area (TPSA) is 55.6 Å². The van der Waals surface area contributed by atoms with Crippen molar-refractivity contribution >= 4 is 5.91 Å². The third-order valence-corrected chi connectivity index (χ3v) is 4.14. The normalized spacial score (nSPS) is 27.4. The summed E-state index contributed by atoms with van der Waals surface area (Å²) in [7, 11) is 0. The maximum Gasteiger partial charge on any atom is 0.242 e. The molecule has 0 spiro atoms. The number of likely N-dealkylation sites (tertiary alicyclic amines) is 1. The van der Waals surface area contributed by atoms with E-state index in [1.807, 2.05) is 4.90 Å². The Labute approximate surface area is 110 Å². The van der Waals surface area contributed by atoms with E-state index in [9.17, 15) is 4.79 Å². The average molecular weight is 254 g/mol. The minimum absolute atomic E-state index is 0.157. The molecule has 0 aromatic heterocycles. The largest absolute Gasteiger partial charge is 0.376 e. The highest BCUT2D eigenvalue weighted by molar-refractivity contribution is 5.86. The van der Waals surface area contributed by atoms with E-state index in [0.717, 1.165) is 64.6 Å². The van der Waals surface area contributed by atoms with Crippen LogP contribution in [0.3, 0.4) is 0 Å². The number of carbonyl (C=O) groups is 1. The number of hydrogen-bond donors (Lipinski definition) is 1. The van der Waals surface area contributed by atoms with Gasteiger partial charge < -0.3 is 15.4 Å².